The van der Waals surface area contributed by atoms with E-state index in [-0.39, 0.29) is 34.8 Å². The number of methoxy groups -OCH3 is 2. The maximum absolute atomic E-state index is 4.66. The van der Waals surface area contributed by atoms with Gasteiger partial charge in [0.2, 0.25) is 0 Å². The molecule has 0 saturated carbocycles. The van der Waals surface area contributed by atoms with E-state index in [9.17, 15) is 0 Å². The second-order valence-electron chi connectivity index (χ2n) is 0.986. The van der Waals surface area contributed by atoms with Crippen molar-refractivity contribution < 1.29 is 31.9 Å². The van der Waals surface area contributed by atoms with Gasteiger partial charge in [-0.2, -0.15) is 0 Å². The van der Waals surface area contributed by atoms with Crippen LogP contribution in [0.1, 0.15) is 0 Å². The van der Waals surface area contributed by atoms with Crippen LogP contribution < -0.4 is 0 Å². The van der Waals surface area contributed by atoms with Gasteiger partial charge in [-0.3, -0.25) is 0 Å². The van der Waals surface area contributed by atoms with Crippen LogP contribution in [0.4, 0.5) is 0 Å². The van der Waals surface area contributed by atoms with Crippen molar-refractivity contribution in [2.75, 3.05) is 27.4 Å². The molecule has 0 unspecified atom stereocenters. The molecule has 8 heavy (non-hydrogen) atoms. The molecule has 1 radical (unpaired) electrons. The van der Waals surface area contributed by atoms with Crippen molar-refractivity contribution in [3.63, 3.8) is 0 Å². The van der Waals surface area contributed by atoms with Crippen LogP contribution in [-0.2, 0) is 31.9 Å². The molecule has 0 aliphatic carbocycles. The van der Waals surface area contributed by atoms with E-state index in [4.69, 9.17) is 0 Å². The van der Waals surface area contributed by atoms with Crippen LogP contribution in [0.15, 0.2) is 0 Å². The second kappa shape index (κ2) is 15.7. The SMILES string of the molecule is COCCOC.Cl.[Nb]. The molecule has 0 aromatic rings. The summed E-state index contributed by atoms with van der Waals surface area (Å²) in [6, 6.07) is 0. The molecular weight excluding hydrogens is 208 g/mol. The Kier molecular flexibility index (Phi) is 31.3. The minimum atomic E-state index is 0. The molecule has 0 aliphatic rings. The van der Waals surface area contributed by atoms with Gasteiger partial charge in [0.1, 0.15) is 0 Å². The average Bonchev–Trinajstić information content (AvgIpc) is 1.61. The fourth-order valence-corrected chi connectivity index (χ4v) is 0.167. The summed E-state index contributed by atoms with van der Waals surface area (Å²) in [5.74, 6) is 0. The smallest absolute Gasteiger partial charge is 0.0696 e. The van der Waals surface area contributed by atoms with Crippen molar-refractivity contribution in [1.29, 1.82) is 0 Å². The number of hydrogen-bond donors (Lipinski definition) is 0. The van der Waals surface area contributed by atoms with Crippen LogP contribution in [0.25, 0.3) is 0 Å². The number of rotatable bonds is 3. The topological polar surface area (TPSA) is 18.5 Å². The van der Waals surface area contributed by atoms with Crippen LogP contribution >= 0.6 is 12.4 Å². The molecule has 0 aromatic heterocycles. The molecule has 0 saturated heterocycles. The zero-order valence-corrected chi connectivity index (χ0v) is 8.10. The van der Waals surface area contributed by atoms with Gasteiger partial charge in [-0.25, -0.2) is 0 Å². The first-order valence-corrected chi connectivity index (χ1v) is 1.89. The zero-order chi connectivity index (χ0) is 4.83. The quantitative estimate of drug-likeness (QED) is 0.514. The monoisotopic (exact) mass is 219 g/mol. The molecule has 0 spiro atoms. The van der Waals surface area contributed by atoms with Crippen LogP contribution in [0, 0.1) is 0 Å². The molecule has 2 nitrogen and oxygen atoms in total. The molecule has 0 N–H and O–H groups in total. The summed E-state index contributed by atoms with van der Waals surface area (Å²) in [7, 11) is 3.30. The maximum Gasteiger partial charge on any atom is 0.0696 e. The van der Waals surface area contributed by atoms with Crippen molar-refractivity contribution in [3.05, 3.63) is 0 Å². The first-order valence-electron chi connectivity index (χ1n) is 1.89. The molecule has 0 aromatic carbocycles. The Hall–Kier alpha value is 0.950. The fourth-order valence-electron chi connectivity index (χ4n) is 0.167. The van der Waals surface area contributed by atoms with Crippen LogP contribution in [-0.4, -0.2) is 27.4 Å². The molecular formula is C4H11ClNbO2. The number of ether oxygens (including phenoxy) is 2. The van der Waals surface area contributed by atoms with Crippen LogP contribution in [0.3, 0.4) is 0 Å². The molecule has 0 fully saturated rings. The second-order valence-corrected chi connectivity index (χ2v) is 0.986. The molecule has 0 rings (SSSR count). The van der Waals surface area contributed by atoms with Gasteiger partial charge < -0.3 is 9.47 Å². The summed E-state index contributed by atoms with van der Waals surface area (Å²) in [6.07, 6.45) is 0. The summed E-state index contributed by atoms with van der Waals surface area (Å²) in [4.78, 5) is 0. The Balaban J connectivity index is -0.000000125. The van der Waals surface area contributed by atoms with E-state index >= 15 is 0 Å². The van der Waals surface area contributed by atoms with E-state index < -0.39 is 0 Å². The van der Waals surface area contributed by atoms with Gasteiger partial charge in [-0.15, -0.1) is 12.4 Å². The van der Waals surface area contributed by atoms with Crippen LogP contribution in [0.5, 0.6) is 0 Å². The third-order valence-corrected chi connectivity index (χ3v) is 0.492. The Morgan fingerprint density at radius 2 is 1.25 bits per heavy atom. The van der Waals surface area contributed by atoms with Crippen molar-refractivity contribution in [1.82, 2.24) is 0 Å². The predicted octanol–water partition coefficient (Wildman–Crippen LogP) is 0.698. The Labute approximate surface area is 71.8 Å². The molecule has 0 aliphatic heterocycles. The van der Waals surface area contributed by atoms with E-state index in [1.165, 1.54) is 0 Å². The van der Waals surface area contributed by atoms with Crippen molar-refractivity contribution >= 4 is 12.4 Å². The average molecular weight is 219 g/mol. The summed E-state index contributed by atoms with van der Waals surface area (Å²) >= 11 is 0. The van der Waals surface area contributed by atoms with Gasteiger partial charge in [0.05, 0.1) is 13.2 Å². The third kappa shape index (κ3) is 15.8. The summed E-state index contributed by atoms with van der Waals surface area (Å²) in [5, 5.41) is 0. The van der Waals surface area contributed by atoms with Crippen LogP contribution in [0.2, 0.25) is 0 Å². The molecule has 0 bridgehead atoms. The minimum absolute atomic E-state index is 0. The first-order chi connectivity index (χ1) is 2.91. The van der Waals surface area contributed by atoms with Gasteiger partial charge in [-0.1, -0.05) is 0 Å². The molecule has 0 atom stereocenters. The Morgan fingerprint density at radius 1 is 1.00 bits per heavy atom. The standard InChI is InChI=1S/C4H10O2.ClH.Nb/c1-5-3-4-6-2;;/h3-4H2,1-2H3;1H;. The van der Waals surface area contributed by atoms with E-state index in [0.29, 0.717) is 13.2 Å². The molecule has 4 heteroatoms. The van der Waals surface area contributed by atoms with E-state index in [2.05, 4.69) is 9.47 Å². The van der Waals surface area contributed by atoms with E-state index in [1.807, 2.05) is 0 Å². The molecule has 51 valence electrons. The van der Waals surface area contributed by atoms with Crippen molar-refractivity contribution in [3.8, 4) is 0 Å². The number of hydrogen-bond acceptors (Lipinski definition) is 2. The summed E-state index contributed by atoms with van der Waals surface area (Å²) in [5.41, 5.74) is 0. The van der Waals surface area contributed by atoms with Crippen molar-refractivity contribution in [2.45, 2.75) is 0 Å². The van der Waals surface area contributed by atoms with Gasteiger partial charge in [0.15, 0.2) is 0 Å². The fraction of sp³-hybridized carbons (Fsp3) is 1.00. The minimum Gasteiger partial charge on any atom is -0.382 e. The van der Waals surface area contributed by atoms with Gasteiger partial charge in [-0.05, 0) is 0 Å². The summed E-state index contributed by atoms with van der Waals surface area (Å²) < 4.78 is 9.31. The number of halogens is 1. The maximum atomic E-state index is 4.66. The zero-order valence-electron chi connectivity index (χ0n) is 5.09. The first kappa shape index (κ1) is 16.0. The molecule has 0 amide bonds. The van der Waals surface area contributed by atoms with E-state index in [1.54, 1.807) is 14.2 Å². The van der Waals surface area contributed by atoms with Crippen molar-refractivity contribution in [2.24, 2.45) is 0 Å². The van der Waals surface area contributed by atoms with E-state index in [0.717, 1.165) is 0 Å². The van der Waals surface area contributed by atoms with Gasteiger partial charge in [0.25, 0.3) is 0 Å². The van der Waals surface area contributed by atoms with Gasteiger partial charge in [0, 0.05) is 36.6 Å². The third-order valence-electron chi connectivity index (χ3n) is 0.492. The Morgan fingerprint density at radius 3 is 1.38 bits per heavy atom. The Bertz CT molecular complexity index is 26.0. The largest absolute Gasteiger partial charge is 0.382 e. The predicted molar refractivity (Wildman–Crippen MR) is 31.0 cm³/mol. The van der Waals surface area contributed by atoms with Gasteiger partial charge >= 0.3 is 0 Å². The molecule has 0 heterocycles. The normalized spacial score (nSPS) is 6.75. The summed E-state index contributed by atoms with van der Waals surface area (Å²) in [6.45, 7) is 1.38.